The van der Waals surface area contributed by atoms with Crippen molar-refractivity contribution in [3.63, 3.8) is 0 Å². The van der Waals surface area contributed by atoms with Crippen LogP contribution in [0.2, 0.25) is 0 Å². The number of carbonyl (C=O) groups is 2. The first-order valence-electron chi connectivity index (χ1n) is 10.7. The molecule has 3 aliphatic rings. The molecular formula is C24H25N3O5. The van der Waals surface area contributed by atoms with E-state index in [4.69, 9.17) is 0 Å². The van der Waals surface area contributed by atoms with E-state index in [2.05, 4.69) is 0 Å². The first-order valence-corrected chi connectivity index (χ1v) is 10.7. The van der Waals surface area contributed by atoms with Crippen molar-refractivity contribution < 1.29 is 14.7 Å². The second-order valence-electron chi connectivity index (χ2n) is 9.31. The van der Waals surface area contributed by atoms with Gasteiger partial charge < -0.3 is 5.11 Å². The van der Waals surface area contributed by atoms with Crippen LogP contribution in [0.15, 0.2) is 56.6 Å². The summed E-state index contributed by atoms with van der Waals surface area (Å²) in [5.41, 5.74) is 0.717. The molecule has 4 atom stereocenters. The number of hydrogen-bond donors (Lipinski definition) is 1. The van der Waals surface area contributed by atoms with Crippen molar-refractivity contribution in [3.05, 3.63) is 73.6 Å². The van der Waals surface area contributed by atoms with Crippen LogP contribution in [0.1, 0.15) is 44.7 Å². The highest BCUT2D eigenvalue weighted by Gasteiger charge is 2.60. The Hall–Kier alpha value is -3.42. The average molecular weight is 435 g/mol. The number of ketones is 2. The molecule has 0 unspecified atom stereocenters. The van der Waals surface area contributed by atoms with Gasteiger partial charge in [-0.3, -0.25) is 9.59 Å². The molecule has 1 aliphatic heterocycles. The predicted molar refractivity (Wildman–Crippen MR) is 117 cm³/mol. The zero-order valence-corrected chi connectivity index (χ0v) is 18.5. The summed E-state index contributed by atoms with van der Waals surface area (Å²) in [6.45, 7) is 5.44. The lowest BCUT2D eigenvalue weighted by molar-refractivity contribution is -0.140. The Balaban J connectivity index is 1.80. The quantitative estimate of drug-likeness (QED) is 0.689. The molecule has 0 amide bonds. The minimum absolute atomic E-state index is 0.0691. The molecule has 0 spiro atoms. The van der Waals surface area contributed by atoms with Crippen molar-refractivity contribution in [2.75, 3.05) is 0 Å². The van der Waals surface area contributed by atoms with Crippen molar-refractivity contribution in [2.24, 2.45) is 18.4 Å². The molecule has 8 nitrogen and oxygen atoms in total. The molecule has 0 radical (unpaired) electrons. The number of phenolic OH excluding ortho intramolecular Hbond substituents is 1. The molecule has 0 saturated heterocycles. The van der Waals surface area contributed by atoms with Crippen molar-refractivity contribution in [1.82, 2.24) is 13.9 Å². The van der Waals surface area contributed by atoms with Gasteiger partial charge in [-0.05, 0) is 54.7 Å². The summed E-state index contributed by atoms with van der Waals surface area (Å²) in [7, 11) is 1.44. The van der Waals surface area contributed by atoms with E-state index in [0.29, 0.717) is 11.1 Å². The number of allylic oxidation sites excluding steroid dienone is 4. The maximum Gasteiger partial charge on any atom is 0.347 e. The fraction of sp³-hybridized carbons (Fsp3) is 0.417. The van der Waals surface area contributed by atoms with Gasteiger partial charge >= 0.3 is 11.4 Å². The highest BCUT2D eigenvalue weighted by Crippen LogP contribution is 2.60. The Morgan fingerprint density at radius 3 is 2.31 bits per heavy atom. The second-order valence-corrected chi connectivity index (χ2v) is 9.31. The van der Waals surface area contributed by atoms with E-state index in [1.807, 2.05) is 13.0 Å². The molecule has 1 N–H and O–H groups in total. The first kappa shape index (κ1) is 20.5. The van der Waals surface area contributed by atoms with Gasteiger partial charge in [0.25, 0.3) is 0 Å². The largest absolute Gasteiger partial charge is 0.508 e. The Kier molecular flexibility index (Phi) is 4.19. The topological polar surface area (TPSA) is 103 Å². The summed E-state index contributed by atoms with van der Waals surface area (Å²) in [6, 6.07) is 6.14. The molecule has 166 valence electrons. The zero-order valence-electron chi connectivity index (χ0n) is 18.5. The van der Waals surface area contributed by atoms with E-state index in [0.717, 1.165) is 15.7 Å². The van der Waals surface area contributed by atoms with Crippen LogP contribution in [0.5, 0.6) is 5.75 Å². The maximum atomic E-state index is 13.7. The number of aromatic hydroxyl groups is 1. The number of Topliss-reactive ketones (excluding diaryl/α,β-unsaturated/α-hetero) is 2. The lowest BCUT2D eigenvalue weighted by atomic mass is 9.50. The van der Waals surface area contributed by atoms with Crippen LogP contribution in [0.4, 0.5) is 0 Å². The average Bonchev–Trinajstić information content (AvgIpc) is 3.00. The van der Waals surface area contributed by atoms with Crippen LogP contribution in [0.25, 0.3) is 0 Å². The lowest BCUT2D eigenvalue weighted by Crippen LogP contribution is -2.55. The number of fused-ring (bicyclic) bond motifs is 4. The number of phenols is 1. The molecule has 2 aromatic rings. The third-order valence-electron chi connectivity index (χ3n) is 7.85. The molecule has 2 aliphatic carbocycles. The molecule has 8 heteroatoms. The highest BCUT2D eigenvalue weighted by atomic mass is 16.3. The Morgan fingerprint density at radius 2 is 1.66 bits per heavy atom. The van der Waals surface area contributed by atoms with Gasteiger partial charge in [-0.1, -0.05) is 25.1 Å². The molecule has 5 rings (SSSR count). The van der Waals surface area contributed by atoms with Gasteiger partial charge in [0.15, 0.2) is 11.6 Å². The SMILES string of the molecule is CC1=C(C)C(=O)[C@@]2(C)[C@@H](c3ccc(O)cc3)C3=CCn4c(=O)n(C)c(=O)n4[C@@H]3C[C@H]2C1=O. The molecule has 1 fully saturated rings. The van der Waals surface area contributed by atoms with Crippen molar-refractivity contribution in [1.29, 1.82) is 0 Å². The van der Waals surface area contributed by atoms with Crippen LogP contribution in [0.3, 0.4) is 0 Å². The number of benzene rings is 1. The lowest BCUT2D eigenvalue weighted by Gasteiger charge is -2.53. The minimum Gasteiger partial charge on any atom is -0.508 e. The number of hydrogen-bond acceptors (Lipinski definition) is 5. The summed E-state index contributed by atoms with van der Waals surface area (Å²) >= 11 is 0. The summed E-state index contributed by atoms with van der Waals surface area (Å²) in [6.07, 6.45) is 2.19. The molecule has 1 saturated carbocycles. The van der Waals surface area contributed by atoms with Gasteiger partial charge in [0.1, 0.15) is 5.75 Å². The first-order chi connectivity index (χ1) is 15.1. The van der Waals surface area contributed by atoms with Gasteiger partial charge in [-0.2, -0.15) is 0 Å². The number of nitrogens with zero attached hydrogens (tertiary/aromatic N) is 3. The number of aromatic nitrogens is 3. The third-order valence-corrected chi connectivity index (χ3v) is 7.85. The smallest absolute Gasteiger partial charge is 0.347 e. The fourth-order valence-electron chi connectivity index (χ4n) is 6.00. The second kappa shape index (κ2) is 6.54. The Bertz CT molecular complexity index is 1370. The van der Waals surface area contributed by atoms with Crippen molar-refractivity contribution in [2.45, 2.75) is 45.7 Å². The maximum absolute atomic E-state index is 13.7. The van der Waals surface area contributed by atoms with Crippen LogP contribution < -0.4 is 11.4 Å². The normalized spacial score (nSPS) is 29.4. The van der Waals surface area contributed by atoms with Crippen LogP contribution >= 0.6 is 0 Å². The molecular weight excluding hydrogens is 410 g/mol. The number of carbonyl (C=O) groups excluding carboxylic acids is 2. The van der Waals surface area contributed by atoms with Crippen LogP contribution in [0, 0.1) is 11.3 Å². The van der Waals surface area contributed by atoms with E-state index < -0.39 is 34.7 Å². The minimum atomic E-state index is -1.03. The summed E-state index contributed by atoms with van der Waals surface area (Å²) in [4.78, 5) is 52.7. The van der Waals surface area contributed by atoms with E-state index in [9.17, 15) is 24.3 Å². The van der Waals surface area contributed by atoms with Crippen molar-refractivity contribution in [3.8, 4) is 5.75 Å². The van der Waals surface area contributed by atoms with E-state index >= 15 is 0 Å². The van der Waals surface area contributed by atoms with Gasteiger partial charge in [-0.15, -0.1) is 0 Å². The Labute approximate surface area is 184 Å². The molecule has 1 aromatic carbocycles. The monoisotopic (exact) mass is 435 g/mol. The van der Waals surface area contributed by atoms with Crippen LogP contribution in [-0.4, -0.2) is 30.6 Å². The zero-order chi connectivity index (χ0) is 23.1. The molecule has 0 bridgehead atoms. The van der Waals surface area contributed by atoms with E-state index in [1.54, 1.807) is 38.1 Å². The third kappa shape index (κ3) is 2.37. The Morgan fingerprint density at radius 1 is 1.00 bits per heavy atom. The van der Waals surface area contributed by atoms with Gasteiger partial charge in [0.05, 0.1) is 18.0 Å². The van der Waals surface area contributed by atoms with Crippen LogP contribution in [-0.2, 0) is 23.2 Å². The molecule has 2 heterocycles. The van der Waals surface area contributed by atoms with E-state index in [-0.39, 0.29) is 30.3 Å². The van der Waals surface area contributed by atoms with Gasteiger partial charge in [0.2, 0.25) is 0 Å². The standard InChI is InChI=1S/C24H25N3O5/c1-12-13(2)21(30)24(3)17(20(12)29)11-18-16(19(24)14-5-7-15(28)8-6-14)9-10-26-22(31)25(4)23(32)27(18)26/h5-9,17-19,28H,10-11H2,1-4H3/t17-,18+,19-,24+/m0/s1. The fourth-order valence-corrected chi connectivity index (χ4v) is 6.00. The highest BCUT2D eigenvalue weighted by molar-refractivity contribution is 6.15. The molecule has 32 heavy (non-hydrogen) atoms. The summed E-state index contributed by atoms with van der Waals surface area (Å²) in [5.74, 6) is -1.15. The van der Waals surface area contributed by atoms with Gasteiger partial charge in [-0.25, -0.2) is 23.5 Å². The van der Waals surface area contributed by atoms with Crippen molar-refractivity contribution >= 4 is 11.6 Å². The summed E-state index contributed by atoms with van der Waals surface area (Å²) < 4.78 is 3.92. The number of rotatable bonds is 1. The van der Waals surface area contributed by atoms with E-state index in [1.165, 1.54) is 16.4 Å². The van der Waals surface area contributed by atoms with Gasteiger partial charge in [0, 0.05) is 18.9 Å². The molecule has 1 aromatic heterocycles. The predicted octanol–water partition coefficient (Wildman–Crippen LogP) is 1.83. The summed E-state index contributed by atoms with van der Waals surface area (Å²) in [5, 5.41) is 9.83.